The first-order valence-corrected chi connectivity index (χ1v) is 10.7. The Bertz CT molecular complexity index is 1060. The van der Waals surface area contributed by atoms with Gasteiger partial charge < -0.3 is 10.2 Å². The smallest absolute Gasteiger partial charge is 0.293 e. The molecule has 1 atom stereocenters. The fraction of sp³-hybridized carbons (Fsp3) is 0.368. The van der Waals surface area contributed by atoms with Crippen molar-refractivity contribution in [3.63, 3.8) is 0 Å². The molecule has 1 fully saturated rings. The molecule has 0 spiro atoms. The number of hydrogen-bond acceptors (Lipinski definition) is 6. The maximum absolute atomic E-state index is 14.0. The third-order valence-corrected chi connectivity index (χ3v) is 6.96. The van der Waals surface area contributed by atoms with Crippen LogP contribution >= 0.6 is 0 Å². The van der Waals surface area contributed by atoms with E-state index in [9.17, 15) is 27.3 Å². The highest BCUT2D eigenvalue weighted by molar-refractivity contribution is 7.89. The highest BCUT2D eigenvalue weighted by Crippen LogP contribution is 2.32. The minimum absolute atomic E-state index is 0.0357. The van der Waals surface area contributed by atoms with Gasteiger partial charge in [0.05, 0.1) is 15.9 Å². The number of piperazine rings is 1. The molecule has 1 aliphatic rings. The van der Waals surface area contributed by atoms with Crippen LogP contribution in [0.15, 0.2) is 41.3 Å². The molecule has 1 N–H and O–H groups in total. The summed E-state index contributed by atoms with van der Waals surface area (Å²) in [5.41, 5.74) is -0.284. The number of anilines is 1. The van der Waals surface area contributed by atoms with E-state index in [4.69, 9.17) is 0 Å². The first-order valence-electron chi connectivity index (χ1n) is 9.28. The van der Waals surface area contributed by atoms with Gasteiger partial charge in [-0.2, -0.15) is 4.31 Å². The summed E-state index contributed by atoms with van der Waals surface area (Å²) in [6, 6.07) is 5.94. The van der Waals surface area contributed by atoms with Gasteiger partial charge in [0.1, 0.15) is 17.3 Å². The van der Waals surface area contributed by atoms with E-state index in [0.717, 1.165) is 18.2 Å². The summed E-state index contributed by atoms with van der Waals surface area (Å²) in [5, 5.41) is 14.4. The number of nitrogens with one attached hydrogen (secondary N) is 1. The molecule has 0 saturated carbocycles. The first-order chi connectivity index (χ1) is 14.1. The van der Waals surface area contributed by atoms with Gasteiger partial charge in [-0.1, -0.05) is 6.07 Å². The molecule has 2 aromatic rings. The van der Waals surface area contributed by atoms with Crippen molar-refractivity contribution < 1.29 is 22.1 Å². The molecule has 0 bridgehead atoms. The molecule has 11 heteroatoms. The third kappa shape index (κ3) is 4.58. The minimum Gasteiger partial charge on any atom is -0.373 e. The lowest BCUT2D eigenvalue weighted by atomic mass is 10.1. The van der Waals surface area contributed by atoms with E-state index in [1.165, 1.54) is 22.5 Å². The second-order valence-corrected chi connectivity index (χ2v) is 9.11. The predicted octanol–water partition coefficient (Wildman–Crippen LogP) is 2.98. The van der Waals surface area contributed by atoms with Crippen LogP contribution in [-0.4, -0.2) is 55.8 Å². The Hall–Kier alpha value is -2.63. The van der Waals surface area contributed by atoms with Crippen molar-refractivity contribution in [2.24, 2.45) is 0 Å². The number of rotatable bonds is 6. The summed E-state index contributed by atoms with van der Waals surface area (Å²) in [6.07, 6.45) is 0. The molecule has 1 heterocycles. The maximum atomic E-state index is 14.0. The molecule has 8 nitrogen and oxygen atoms in total. The fourth-order valence-corrected chi connectivity index (χ4v) is 4.73. The zero-order chi connectivity index (χ0) is 22.1. The number of nitrogens with zero attached hydrogens (tertiary/aromatic N) is 3. The van der Waals surface area contributed by atoms with Crippen molar-refractivity contribution >= 4 is 21.4 Å². The van der Waals surface area contributed by atoms with Gasteiger partial charge in [-0.05, 0) is 32.2 Å². The molecule has 2 aromatic carbocycles. The molecular weight excluding hydrogens is 418 g/mol. The van der Waals surface area contributed by atoms with Crippen molar-refractivity contribution in [3.05, 3.63) is 63.7 Å². The number of hydrogen-bond donors (Lipinski definition) is 1. The molecule has 0 amide bonds. The van der Waals surface area contributed by atoms with E-state index in [1.54, 1.807) is 6.92 Å². The van der Waals surface area contributed by atoms with E-state index >= 15 is 0 Å². The number of halogens is 2. The molecule has 162 valence electrons. The summed E-state index contributed by atoms with van der Waals surface area (Å²) in [6.45, 7) is 3.30. The number of nitro groups is 1. The third-order valence-electron chi connectivity index (χ3n) is 5.07. The zero-order valence-electron chi connectivity index (χ0n) is 16.5. The van der Waals surface area contributed by atoms with Gasteiger partial charge in [0.2, 0.25) is 10.0 Å². The standard InChI is InChI=1S/C19H22F2N4O4S/c1-13(16-5-3-14(20)11-17(16)21)22-18-6-4-15(12-19(18)25(26)27)30(28,29)24-9-7-23(2)8-10-24/h3-6,11-13,22H,7-10H2,1-2H3. The van der Waals surface area contributed by atoms with Gasteiger partial charge >= 0.3 is 0 Å². The summed E-state index contributed by atoms with van der Waals surface area (Å²) in [4.78, 5) is 12.7. The highest BCUT2D eigenvalue weighted by atomic mass is 32.2. The van der Waals surface area contributed by atoms with Gasteiger partial charge in [-0.15, -0.1) is 0 Å². The van der Waals surface area contributed by atoms with Crippen LogP contribution in [0.5, 0.6) is 0 Å². The Morgan fingerprint density at radius 3 is 2.37 bits per heavy atom. The number of sulfonamides is 1. The largest absolute Gasteiger partial charge is 0.373 e. The van der Waals surface area contributed by atoms with Gasteiger partial charge in [-0.25, -0.2) is 17.2 Å². The number of likely N-dealkylation sites (N-methyl/N-ethyl adjacent to an activating group) is 1. The van der Waals surface area contributed by atoms with Crippen LogP contribution in [0.2, 0.25) is 0 Å². The fourth-order valence-electron chi connectivity index (χ4n) is 3.29. The Labute approximate surface area is 173 Å². The Morgan fingerprint density at radius 2 is 1.77 bits per heavy atom. The van der Waals surface area contributed by atoms with Crippen LogP contribution in [0.1, 0.15) is 18.5 Å². The zero-order valence-corrected chi connectivity index (χ0v) is 17.3. The molecule has 0 aromatic heterocycles. The monoisotopic (exact) mass is 440 g/mol. The lowest BCUT2D eigenvalue weighted by Crippen LogP contribution is -2.47. The normalized spacial score (nSPS) is 16.9. The molecule has 0 aliphatic carbocycles. The first kappa shape index (κ1) is 22.1. The van der Waals surface area contributed by atoms with E-state index in [2.05, 4.69) is 5.32 Å². The van der Waals surface area contributed by atoms with Crippen LogP contribution in [0.3, 0.4) is 0 Å². The summed E-state index contributed by atoms with van der Waals surface area (Å²) >= 11 is 0. The molecule has 1 aliphatic heterocycles. The van der Waals surface area contributed by atoms with Crippen molar-refractivity contribution in [1.29, 1.82) is 0 Å². The lowest BCUT2D eigenvalue weighted by molar-refractivity contribution is -0.384. The van der Waals surface area contributed by atoms with E-state index in [1.807, 2.05) is 11.9 Å². The molecule has 30 heavy (non-hydrogen) atoms. The van der Waals surface area contributed by atoms with Crippen molar-refractivity contribution in [1.82, 2.24) is 9.21 Å². The van der Waals surface area contributed by atoms with Crippen LogP contribution in [0, 0.1) is 21.7 Å². The maximum Gasteiger partial charge on any atom is 0.293 e. The Balaban J connectivity index is 1.89. The quantitative estimate of drug-likeness (QED) is 0.548. The Kier molecular flexibility index (Phi) is 6.34. The average Bonchev–Trinajstić information content (AvgIpc) is 2.68. The van der Waals surface area contributed by atoms with E-state index in [-0.39, 0.29) is 16.1 Å². The lowest BCUT2D eigenvalue weighted by Gasteiger charge is -2.31. The van der Waals surface area contributed by atoms with Gasteiger partial charge in [0, 0.05) is 43.9 Å². The van der Waals surface area contributed by atoms with Crippen LogP contribution in [0.4, 0.5) is 20.2 Å². The van der Waals surface area contributed by atoms with Gasteiger partial charge in [0.15, 0.2) is 0 Å². The molecule has 1 unspecified atom stereocenters. The minimum atomic E-state index is -3.88. The second-order valence-electron chi connectivity index (χ2n) is 7.18. The SMILES string of the molecule is CC(Nc1ccc(S(=O)(=O)N2CCN(C)CC2)cc1[N+](=O)[O-])c1ccc(F)cc1F. The Morgan fingerprint density at radius 1 is 1.10 bits per heavy atom. The van der Waals surface area contributed by atoms with Crippen LogP contribution < -0.4 is 5.32 Å². The topological polar surface area (TPSA) is 95.8 Å². The summed E-state index contributed by atoms with van der Waals surface area (Å²) < 4.78 is 54.2. The number of nitro benzene ring substituents is 1. The highest BCUT2D eigenvalue weighted by Gasteiger charge is 2.30. The van der Waals surface area contributed by atoms with Gasteiger partial charge in [-0.3, -0.25) is 10.1 Å². The molecule has 0 radical (unpaired) electrons. The average molecular weight is 440 g/mol. The van der Waals surface area contributed by atoms with Crippen LogP contribution in [0.25, 0.3) is 0 Å². The summed E-state index contributed by atoms with van der Waals surface area (Å²) in [7, 11) is -1.99. The molecule has 3 rings (SSSR count). The van der Waals surface area contributed by atoms with Crippen LogP contribution in [-0.2, 0) is 10.0 Å². The summed E-state index contributed by atoms with van der Waals surface area (Å²) in [5.74, 6) is -1.51. The van der Waals surface area contributed by atoms with E-state index in [0.29, 0.717) is 26.2 Å². The van der Waals surface area contributed by atoms with Crippen molar-refractivity contribution in [2.45, 2.75) is 17.9 Å². The molecular formula is C19H22F2N4O4S. The van der Waals surface area contributed by atoms with Crippen molar-refractivity contribution in [3.8, 4) is 0 Å². The number of benzene rings is 2. The predicted molar refractivity (Wildman–Crippen MR) is 108 cm³/mol. The van der Waals surface area contributed by atoms with Crippen molar-refractivity contribution in [2.75, 3.05) is 38.5 Å². The van der Waals surface area contributed by atoms with Gasteiger partial charge in [0.25, 0.3) is 5.69 Å². The van der Waals surface area contributed by atoms with E-state index < -0.39 is 38.3 Å². The molecule has 1 saturated heterocycles. The second kappa shape index (κ2) is 8.62.